The molecule has 0 saturated carbocycles. The molecule has 2 aromatic heterocycles. The van der Waals surface area contributed by atoms with Crippen molar-refractivity contribution < 1.29 is 9.90 Å². The van der Waals surface area contributed by atoms with Crippen molar-refractivity contribution in [1.82, 2.24) is 9.78 Å². The zero-order chi connectivity index (χ0) is 13.6. The van der Waals surface area contributed by atoms with Gasteiger partial charge in [0, 0.05) is 11.7 Å². The summed E-state index contributed by atoms with van der Waals surface area (Å²) in [5.74, 6) is -1.00. The summed E-state index contributed by atoms with van der Waals surface area (Å²) >= 11 is 1.65. The second-order valence-corrected chi connectivity index (χ2v) is 5.58. The summed E-state index contributed by atoms with van der Waals surface area (Å²) in [6.07, 6.45) is 0. The molecule has 5 heteroatoms. The first-order valence-corrected chi connectivity index (χ1v) is 6.64. The maximum absolute atomic E-state index is 10.9. The van der Waals surface area contributed by atoms with Crippen LogP contribution in [0.5, 0.6) is 0 Å². The van der Waals surface area contributed by atoms with E-state index in [2.05, 4.69) is 36.3 Å². The number of nitrogens with zero attached hydrogens (tertiary/aromatic N) is 2. The molecule has 3 rings (SSSR count). The number of fused-ring (bicyclic) bond motifs is 1. The first-order chi connectivity index (χ1) is 9.04. The minimum absolute atomic E-state index is 0.0751. The molecule has 96 valence electrons. The standard InChI is InChI=1S/C14H12N2O2S/c1-8-3-4-9-6-13(19-12(9)5-8)11-7-10(14(17)18)15-16(11)2/h3-7H,1-2H3,(H,17,18). The molecule has 0 spiro atoms. The maximum atomic E-state index is 10.9. The molecule has 0 saturated heterocycles. The van der Waals surface area contributed by atoms with Crippen LogP contribution in [0.3, 0.4) is 0 Å². The summed E-state index contributed by atoms with van der Waals surface area (Å²) in [6.45, 7) is 2.06. The van der Waals surface area contributed by atoms with E-state index in [1.54, 1.807) is 29.1 Å². The van der Waals surface area contributed by atoms with Gasteiger partial charge in [0.05, 0.1) is 10.6 Å². The van der Waals surface area contributed by atoms with Crippen LogP contribution in [0.25, 0.3) is 20.7 Å². The number of aromatic nitrogens is 2. The van der Waals surface area contributed by atoms with Gasteiger partial charge in [-0.3, -0.25) is 4.68 Å². The topological polar surface area (TPSA) is 55.1 Å². The van der Waals surface area contributed by atoms with E-state index in [0.29, 0.717) is 0 Å². The molecule has 3 aromatic rings. The number of carboxylic acid groups (broad SMARTS) is 1. The predicted molar refractivity (Wildman–Crippen MR) is 75.7 cm³/mol. The summed E-state index contributed by atoms with van der Waals surface area (Å²) < 4.78 is 2.81. The molecule has 0 aliphatic rings. The van der Waals surface area contributed by atoms with E-state index in [1.165, 1.54) is 15.6 Å². The second-order valence-electron chi connectivity index (χ2n) is 4.50. The summed E-state index contributed by atoms with van der Waals surface area (Å²) in [6, 6.07) is 9.98. The average Bonchev–Trinajstić information content (AvgIpc) is 2.91. The Balaban J connectivity index is 2.16. The Labute approximate surface area is 113 Å². The van der Waals surface area contributed by atoms with Gasteiger partial charge in [0.25, 0.3) is 0 Å². The van der Waals surface area contributed by atoms with Crippen LogP contribution in [0, 0.1) is 6.92 Å². The van der Waals surface area contributed by atoms with Gasteiger partial charge in [0.15, 0.2) is 5.69 Å². The van der Waals surface area contributed by atoms with E-state index in [4.69, 9.17) is 5.11 Å². The Bertz CT molecular complexity index is 786. The lowest BCUT2D eigenvalue weighted by Gasteiger charge is -1.95. The highest BCUT2D eigenvalue weighted by atomic mass is 32.1. The van der Waals surface area contributed by atoms with E-state index in [0.717, 1.165) is 10.6 Å². The summed E-state index contributed by atoms with van der Waals surface area (Å²) in [5.41, 5.74) is 2.12. The first-order valence-electron chi connectivity index (χ1n) is 5.82. The minimum atomic E-state index is -1.00. The smallest absolute Gasteiger partial charge is 0.356 e. The minimum Gasteiger partial charge on any atom is -0.476 e. The number of hydrogen-bond donors (Lipinski definition) is 1. The van der Waals surface area contributed by atoms with Crippen LogP contribution in [0.1, 0.15) is 16.1 Å². The molecule has 0 atom stereocenters. The highest BCUT2D eigenvalue weighted by Crippen LogP contribution is 2.34. The van der Waals surface area contributed by atoms with Crippen molar-refractivity contribution in [2.24, 2.45) is 7.05 Å². The van der Waals surface area contributed by atoms with Gasteiger partial charge in [-0.25, -0.2) is 4.79 Å². The second kappa shape index (κ2) is 4.20. The van der Waals surface area contributed by atoms with E-state index in [-0.39, 0.29) is 5.69 Å². The summed E-state index contributed by atoms with van der Waals surface area (Å²) in [4.78, 5) is 12.0. The lowest BCUT2D eigenvalue weighted by Crippen LogP contribution is -1.99. The van der Waals surface area contributed by atoms with E-state index in [9.17, 15) is 4.79 Å². The number of benzene rings is 1. The Morgan fingerprint density at radius 1 is 1.32 bits per heavy atom. The molecule has 0 amide bonds. The van der Waals surface area contributed by atoms with Gasteiger partial charge in [0.1, 0.15) is 0 Å². The van der Waals surface area contributed by atoms with Crippen LogP contribution in [-0.2, 0) is 7.05 Å². The molecule has 1 aromatic carbocycles. The first kappa shape index (κ1) is 11.9. The van der Waals surface area contributed by atoms with Crippen molar-refractivity contribution in [3.63, 3.8) is 0 Å². The molecule has 0 radical (unpaired) electrons. The zero-order valence-electron chi connectivity index (χ0n) is 10.5. The molecule has 1 N–H and O–H groups in total. The molecule has 0 fully saturated rings. The number of rotatable bonds is 2. The third-order valence-corrected chi connectivity index (χ3v) is 4.15. The molecule has 19 heavy (non-hydrogen) atoms. The number of carbonyl (C=O) groups is 1. The molecular formula is C14H12N2O2S. The molecular weight excluding hydrogens is 260 g/mol. The number of hydrogen-bond acceptors (Lipinski definition) is 3. The van der Waals surface area contributed by atoms with Crippen LogP contribution < -0.4 is 0 Å². The largest absolute Gasteiger partial charge is 0.476 e. The SMILES string of the molecule is Cc1ccc2cc(-c3cc(C(=O)O)nn3C)sc2c1. The quantitative estimate of drug-likeness (QED) is 0.778. The van der Waals surface area contributed by atoms with Gasteiger partial charge in [-0.15, -0.1) is 11.3 Å². The number of thiophene rings is 1. The van der Waals surface area contributed by atoms with Crippen LogP contribution in [-0.4, -0.2) is 20.9 Å². The maximum Gasteiger partial charge on any atom is 0.356 e. The normalized spacial score (nSPS) is 11.1. The van der Waals surface area contributed by atoms with Crippen molar-refractivity contribution >= 4 is 27.4 Å². The third-order valence-electron chi connectivity index (χ3n) is 3.03. The Kier molecular flexibility index (Phi) is 2.64. The van der Waals surface area contributed by atoms with Crippen LogP contribution in [0.4, 0.5) is 0 Å². The molecule has 2 heterocycles. The van der Waals surface area contributed by atoms with Crippen molar-refractivity contribution in [2.75, 3.05) is 0 Å². The number of aryl methyl sites for hydroxylation is 2. The fourth-order valence-electron chi connectivity index (χ4n) is 2.07. The predicted octanol–water partition coefficient (Wildman–Crippen LogP) is 3.31. The van der Waals surface area contributed by atoms with Gasteiger partial charge < -0.3 is 5.11 Å². The average molecular weight is 272 g/mol. The van der Waals surface area contributed by atoms with E-state index in [1.807, 2.05) is 0 Å². The molecule has 0 aliphatic heterocycles. The Hall–Kier alpha value is -2.14. The lowest BCUT2D eigenvalue weighted by atomic mass is 10.2. The lowest BCUT2D eigenvalue weighted by molar-refractivity contribution is 0.0689. The van der Waals surface area contributed by atoms with Crippen molar-refractivity contribution in [3.8, 4) is 10.6 Å². The van der Waals surface area contributed by atoms with Gasteiger partial charge in [-0.1, -0.05) is 12.1 Å². The third kappa shape index (κ3) is 2.02. The van der Waals surface area contributed by atoms with E-state index < -0.39 is 5.97 Å². The van der Waals surface area contributed by atoms with Gasteiger partial charge in [-0.2, -0.15) is 5.10 Å². The molecule has 0 aliphatic carbocycles. The number of carboxylic acids is 1. The molecule has 4 nitrogen and oxygen atoms in total. The Morgan fingerprint density at radius 2 is 2.11 bits per heavy atom. The van der Waals surface area contributed by atoms with Gasteiger partial charge in [-0.05, 0) is 36.1 Å². The van der Waals surface area contributed by atoms with Crippen molar-refractivity contribution in [3.05, 3.63) is 41.6 Å². The highest BCUT2D eigenvalue weighted by molar-refractivity contribution is 7.22. The summed E-state index contributed by atoms with van der Waals surface area (Å²) in [7, 11) is 1.76. The van der Waals surface area contributed by atoms with Crippen LogP contribution >= 0.6 is 11.3 Å². The fourth-order valence-corrected chi connectivity index (χ4v) is 3.28. The Morgan fingerprint density at radius 3 is 2.79 bits per heavy atom. The fraction of sp³-hybridized carbons (Fsp3) is 0.143. The monoisotopic (exact) mass is 272 g/mol. The van der Waals surface area contributed by atoms with Gasteiger partial charge >= 0.3 is 5.97 Å². The van der Waals surface area contributed by atoms with E-state index >= 15 is 0 Å². The van der Waals surface area contributed by atoms with Crippen molar-refractivity contribution in [1.29, 1.82) is 0 Å². The van der Waals surface area contributed by atoms with Gasteiger partial charge in [0.2, 0.25) is 0 Å². The highest BCUT2D eigenvalue weighted by Gasteiger charge is 2.14. The number of aromatic carboxylic acids is 1. The molecule has 0 bridgehead atoms. The molecule has 0 unspecified atom stereocenters. The van der Waals surface area contributed by atoms with Crippen LogP contribution in [0.2, 0.25) is 0 Å². The summed E-state index contributed by atoms with van der Waals surface area (Å²) in [5, 5.41) is 14.1. The van der Waals surface area contributed by atoms with Crippen LogP contribution in [0.15, 0.2) is 30.3 Å². The van der Waals surface area contributed by atoms with Crippen molar-refractivity contribution in [2.45, 2.75) is 6.92 Å². The zero-order valence-corrected chi connectivity index (χ0v) is 11.4.